The molecule has 0 bridgehead atoms. The van der Waals surface area contributed by atoms with Crippen LogP contribution in [0.2, 0.25) is 0 Å². The fourth-order valence-corrected chi connectivity index (χ4v) is 2.32. The molecular weight excluding hydrogens is 272 g/mol. The Kier molecular flexibility index (Phi) is 4.79. The zero-order chi connectivity index (χ0) is 14.5. The Hall–Kier alpha value is -1.82. The van der Waals surface area contributed by atoms with Gasteiger partial charge in [0.05, 0.1) is 5.25 Å². The highest BCUT2D eigenvalue weighted by atomic mass is 32.2. The second kappa shape index (κ2) is 6.56. The molecule has 1 amide bonds. The van der Waals surface area contributed by atoms with E-state index in [1.54, 1.807) is 0 Å². The van der Waals surface area contributed by atoms with Gasteiger partial charge < -0.3 is 5.32 Å². The van der Waals surface area contributed by atoms with E-state index in [-0.39, 0.29) is 11.2 Å². The lowest BCUT2D eigenvalue weighted by atomic mass is 10.2. The molecule has 1 unspecified atom stereocenters. The molecule has 2 rings (SSSR count). The molecule has 0 aliphatic heterocycles. The Morgan fingerprint density at radius 3 is 2.70 bits per heavy atom. The van der Waals surface area contributed by atoms with Crippen molar-refractivity contribution in [3.63, 3.8) is 0 Å². The number of rotatable bonds is 5. The van der Waals surface area contributed by atoms with Crippen molar-refractivity contribution in [3.05, 3.63) is 35.7 Å². The lowest BCUT2D eigenvalue weighted by Crippen LogP contribution is -2.22. The molecule has 6 heteroatoms. The molecule has 0 aliphatic carbocycles. The van der Waals surface area contributed by atoms with E-state index in [2.05, 4.69) is 20.5 Å². The summed E-state index contributed by atoms with van der Waals surface area (Å²) in [7, 11) is 0. The van der Waals surface area contributed by atoms with Gasteiger partial charge in [0.1, 0.15) is 5.82 Å². The lowest BCUT2D eigenvalue weighted by Gasteiger charge is -2.10. The molecule has 2 aromatic rings. The quantitative estimate of drug-likeness (QED) is 0.831. The minimum atomic E-state index is -0.253. The fourth-order valence-electron chi connectivity index (χ4n) is 1.58. The first-order chi connectivity index (χ1) is 9.58. The van der Waals surface area contributed by atoms with Crippen LogP contribution in [0.15, 0.2) is 29.4 Å². The molecule has 0 saturated heterocycles. The monoisotopic (exact) mass is 290 g/mol. The number of carbonyl (C=O) groups is 1. The van der Waals surface area contributed by atoms with Crippen LogP contribution < -0.4 is 5.32 Å². The Balaban J connectivity index is 1.93. The van der Waals surface area contributed by atoms with E-state index < -0.39 is 0 Å². The Morgan fingerprint density at radius 1 is 1.40 bits per heavy atom. The van der Waals surface area contributed by atoms with Gasteiger partial charge in [0.2, 0.25) is 11.1 Å². The summed E-state index contributed by atoms with van der Waals surface area (Å²) in [5, 5.41) is 10.2. The molecule has 1 aromatic carbocycles. The number of aromatic amines is 1. The van der Waals surface area contributed by atoms with Crippen molar-refractivity contribution in [2.24, 2.45) is 0 Å². The molecule has 0 radical (unpaired) electrons. The van der Waals surface area contributed by atoms with E-state index in [1.807, 2.05) is 45.0 Å². The van der Waals surface area contributed by atoms with Gasteiger partial charge in [0.15, 0.2) is 0 Å². The van der Waals surface area contributed by atoms with Crippen LogP contribution in [-0.4, -0.2) is 26.3 Å². The number of hydrogen-bond donors (Lipinski definition) is 2. The van der Waals surface area contributed by atoms with Crippen LogP contribution >= 0.6 is 11.8 Å². The van der Waals surface area contributed by atoms with Crippen molar-refractivity contribution in [1.29, 1.82) is 0 Å². The van der Waals surface area contributed by atoms with Crippen LogP contribution in [0, 0.1) is 6.92 Å². The van der Waals surface area contributed by atoms with E-state index in [0.717, 1.165) is 17.9 Å². The molecule has 1 aromatic heterocycles. The van der Waals surface area contributed by atoms with Crippen LogP contribution in [0.1, 0.15) is 25.2 Å². The summed E-state index contributed by atoms with van der Waals surface area (Å²) in [4.78, 5) is 16.4. The maximum atomic E-state index is 12.1. The zero-order valence-electron chi connectivity index (χ0n) is 11.8. The van der Waals surface area contributed by atoms with Crippen LogP contribution in [0.3, 0.4) is 0 Å². The summed E-state index contributed by atoms with van der Waals surface area (Å²) in [6.07, 6.45) is 0.803. The van der Waals surface area contributed by atoms with Gasteiger partial charge in [-0.1, -0.05) is 36.4 Å². The van der Waals surface area contributed by atoms with Crippen LogP contribution in [-0.2, 0) is 11.2 Å². The fraction of sp³-hybridized carbons (Fsp3) is 0.357. The summed E-state index contributed by atoms with van der Waals surface area (Å²) < 4.78 is 0. The Labute approximate surface area is 122 Å². The average molecular weight is 290 g/mol. The largest absolute Gasteiger partial charge is 0.325 e. The van der Waals surface area contributed by atoms with E-state index in [9.17, 15) is 4.79 Å². The first-order valence-electron chi connectivity index (χ1n) is 6.54. The SMILES string of the molecule is CCc1nc(SC(C)C(=O)Nc2ccc(C)cc2)n[nH]1. The number of nitrogens with zero attached hydrogens (tertiary/aromatic N) is 2. The highest BCUT2D eigenvalue weighted by Crippen LogP contribution is 2.20. The number of nitrogens with one attached hydrogen (secondary N) is 2. The molecule has 0 saturated carbocycles. The smallest absolute Gasteiger partial charge is 0.237 e. The molecule has 1 atom stereocenters. The summed E-state index contributed by atoms with van der Waals surface area (Å²) in [5.41, 5.74) is 1.97. The molecule has 0 fully saturated rings. The Bertz CT molecular complexity index is 579. The number of aromatic nitrogens is 3. The van der Waals surface area contributed by atoms with Gasteiger partial charge in [-0.3, -0.25) is 9.89 Å². The predicted octanol–water partition coefficient (Wildman–Crippen LogP) is 2.79. The van der Waals surface area contributed by atoms with E-state index >= 15 is 0 Å². The Morgan fingerprint density at radius 2 is 2.10 bits per heavy atom. The second-order valence-corrected chi connectivity index (χ2v) is 5.84. The third kappa shape index (κ3) is 3.84. The lowest BCUT2D eigenvalue weighted by molar-refractivity contribution is -0.115. The molecule has 20 heavy (non-hydrogen) atoms. The maximum absolute atomic E-state index is 12.1. The van der Waals surface area contributed by atoms with Crippen molar-refractivity contribution >= 4 is 23.4 Å². The van der Waals surface area contributed by atoms with Crippen molar-refractivity contribution in [3.8, 4) is 0 Å². The van der Waals surface area contributed by atoms with Crippen molar-refractivity contribution in [2.45, 2.75) is 37.6 Å². The molecule has 5 nitrogen and oxygen atoms in total. The summed E-state index contributed by atoms with van der Waals surface area (Å²) in [6, 6.07) is 7.73. The third-order valence-electron chi connectivity index (χ3n) is 2.82. The normalized spacial score (nSPS) is 12.2. The van der Waals surface area contributed by atoms with Gasteiger partial charge in [-0.25, -0.2) is 4.98 Å². The first-order valence-corrected chi connectivity index (χ1v) is 7.42. The third-order valence-corrected chi connectivity index (χ3v) is 3.78. The van der Waals surface area contributed by atoms with Crippen LogP contribution in [0.4, 0.5) is 5.69 Å². The minimum Gasteiger partial charge on any atom is -0.325 e. The van der Waals surface area contributed by atoms with Crippen LogP contribution in [0.25, 0.3) is 0 Å². The van der Waals surface area contributed by atoms with Gasteiger partial charge >= 0.3 is 0 Å². The van der Waals surface area contributed by atoms with E-state index in [1.165, 1.54) is 17.3 Å². The molecule has 106 valence electrons. The minimum absolute atomic E-state index is 0.0540. The number of carbonyl (C=O) groups excluding carboxylic acids is 1. The van der Waals surface area contributed by atoms with E-state index in [4.69, 9.17) is 0 Å². The van der Waals surface area contributed by atoms with Gasteiger partial charge in [-0.15, -0.1) is 5.10 Å². The van der Waals surface area contributed by atoms with Crippen molar-refractivity contribution < 1.29 is 4.79 Å². The van der Waals surface area contributed by atoms with Gasteiger partial charge in [0.25, 0.3) is 0 Å². The number of hydrogen-bond acceptors (Lipinski definition) is 4. The van der Waals surface area contributed by atoms with E-state index in [0.29, 0.717) is 5.16 Å². The van der Waals surface area contributed by atoms with Crippen molar-refractivity contribution in [2.75, 3.05) is 5.32 Å². The summed E-state index contributed by atoms with van der Waals surface area (Å²) in [5.74, 6) is 0.778. The second-order valence-electron chi connectivity index (χ2n) is 4.53. The number of thioether (sulfide) groups is 1. The number of benzene rings is 1. The molecule has 1 heterocycles. The first kappa shape index (κ1) is 14.6. The zero-order valence-corrected chi connectivity index (χ0v) is 12.6. The highest BCUT2D eigenvalue weighted by molar-refractivity contribution is 8.00. The molecule has 2 N–H and O–H groups in total. The van der Waals surface area contributed by atoms with Gasteiger partial charge in [-0.2, -0.15) is 0 Å². The maximum Gasteiger partial charge on any atom is 0.237 e. The number of anilines is 1. The number of amides is 1. The van der Waals surface area contributed by atoms with Gasteiger partial charge in [-0.05, 0) is 26.0 Å². The summed E-state index contributed by atoms with van der Waals surface area (Å²) in [6.45, 7) is 5.86. The van der Waals surface area contributed by atoms with Crippen molar-refractivity contribution in [1.82, 2.24) is 15.2 Å². The number of aryl methyl sites for hydroxylation is 2. The van der Waals surface area contributed by atoms with Crippen LogP contribution in [0.5, 0.6) is 0 Å². The van der Waals surface area contributed by atoms with Gasteiger partial charge in [0, 0.05) is 12.1 Å². The molecular formula is C14H18N4OS. The average Bonchev–Trinajstić information content (AvgIpc) is 2.89. The highest BCUT2D eigenvalue weighted by Gasteiger charge is 2.17. The number of H-pyrrole nitrogens is 1. The standard InChI is InChI=1S/C14H18N4OS/c1-4-12-16-14(18-17-12)20-10(3)13(19)15-11-7-5-9(2)6-8-11/h5-8,10H,4H2,1-3H3,(H,15,19)(H,16,17,18). The molecule has 0 aliphatic rings. The topological polar surface area (TPSA) is 70.7 Å². The summed E-state index contributed by atoms with van der Waals surface area (Å²) >= 11 is 1.34. The predicted molar refractivity (Wildman–Crippen MR) is 80.9 cm³/mol. The molecule has 0 spiro atoms.